The van der Waals surface area contributed by atoms with Crippen LogP contribution in [0.3, 0.4) is 0 Å². The molecule has 0 heterocycles. The zero-order chi connectivity index (χ0) is 21.1. The molecule has 0 aliphatic carbocycles. The standard InChI is InChI=1S/C22H21N3O4/c1-3-27-19-7-5-6-18(14-19)25-22(26)17(15-24)12-16-8-9-20(29-11-10-23)21(13-16)28-4-2/h5-9,12-14H,3-4,11H2,1-2H3,(H,25,26)/b17-12-. The van der Waals surface area contributed by atoms with E-state index < -0.39 is 5.91 Å². The molecule has 0 spiro atoms. The van der Waals surface area contributed by atoms with Gasteiger partial charge < -0.3 is 19.5 Å². The summed E-state index contributed by atoms with van der Waals surface area (Å²) < 4.78 is 16.2. The summed E-state index contributed by atoms with van der Waals surface area (Å²) in [4.78, 5) is 12.5. The van der Waals surface area contributed by atoms with Gasteiger partial charge in [-0.1, -0.05) is 12.1 Å². The molecule has 0 saturated carbocycles. The summed E-state index contributed by atoms with van der Waals surface area (Å²) in [5.74, 6) is 0.936. The second-order valence-electron chi connectivity index (χ2n) is 5.67. The number of ether oxygens (including phenoxy) is 3. The first-order valence-electron chi connectivity index (χ1n) is 9.03. The van der Waals surface area contributed by atoms with Crippen molar-refractivity contribution in [1.82, 2.24) is 0 Å². The molecular formula is C22H21N3O4. The third-order valence-electron chi connectivity index (χ3n) is 3.64. The molecule has 0 fully saturated rings. The topological polar surface area (TPSA) is 104 Å². The molecule has 0 aliphatic heterocycles. The second-order valence-corrected chi connectivity index (χ2v) is 5.67. The minimum absolute atomic E-state index is 0.0695. The van der Waals surface area contributed by atoms with Crippen LogP contribution in [0, 0.1) is 22.7 Å². The summed E-state index contributed by atoms with van der Waals surface area (Å²) in [6.07, 6.45) is 1.46. The van der Waals surface area contributed by atoms with E-state index in [-0.39, 0.29) is 12.2 Å². The summed E-state index contributed by atoms with van der Waals surface area (Å²) >= 11 is 0. The molecule has 0 saturated heterocycles. The van der Waals surface area contributed by atoms with Crippen LogP contribution in [0.25, 0.3) is 6.08 Å². The first-order chi connectivity index (χ1) is 14.1. The normalized spacial score (nSPS) is 10.4. The van der Waals surface area contributed by atoms with Gasteiger partial charge in [-0.3, -0.25) is 4.79 Å². The van der Waals surface area contributed by atoms with Crippen molar-refractivity contribution in [2.24, 2.45) is 0 Å². The van der Waals surface area contributed by atoms with Crippen molar-refractivity contribution in [3.63, 3.8) is 0 Å². The maximum absolute atomic E-state index is 12.5. The van der Waals surface area contributed by atoms with Crippen molar-refractivity contribution in [3.05, 3.63) is 53.6 Å². The van der Waals surface area contributed by atoms with Crippen LogP contribution in [-0.4, -0.2) is 25.7 Å². The molecule has 0 unspecified atom stereocenters. The Kier molecular flexibility index (Phi) is 8.10. The van der Waals surface area contributed by atoms with Gasteiger partial charge in [0, 0.05) is 11.8 Å². The van der Waals surface area contributed by atoms with E-state index in [0.717, 1.165) is 0 Å². The third-order valence-corrected chi connectivity index (χ3v) is 3.64. The molecule has 0 aliphatic rings. The smallest absolute Gasteiger partial charge is 0.266 e. The molecule has 7 heteroatoms. The Balaban J connectivity index is 2.23. The van der Waals surface area contributed by atoms with Gasteiger partial charge in [-0.15, -0.1) is 0 Å². The van der Waals surface area contributed by atoms with E-state index in [4.69, 9.17) is 19.5 Å². The molecule has 0 aromatic heterocycles. The van der Waals surface area contributed by atoms with Gasteiger partial charge in [0.15, 0.2) is 18.1 Å². The number of carbonyl (C=O) groups is 1. The zero-order valence-corrected chi connectivity index (χ0v) is 16.3. The SMILES string of the molecule is CCOc1cccc(NC(=O)/C(C#N)=C\c2ccc(OCC#N)c(OCC)c2)c1. The quantitative estimate of drug-likeness (QED) is 0.513. The third kappa shape index (κ3) is 6.30. The monoisotopic (exact) mass is 391 g/mol. The van der Waals surface area contributed by atoms with Crippen molar-refractivity contribution in [3.8, 4) is 29.4 Å². The van der Waals surface area contributed by atoms with E-state index in [1.165, 1.54) is 6.08 Å². The van der Waals surface area contributed by atoms with Crippen molar-refractivity contribution in [2.45, 2.75) is 13.8 Å². The number of benzene rings is 2. The van der Waals surface area contributed by atoms with E-state index in [9.17, 15) is 10.1 Å². The van der Waals surface area contributed by atoms with Gasteiger partial charge in [0.1, 0.15) is 23.5 Å². The molecule has 0 radical (unpaired) electrons. The van der Waals surface area contributed by atoms with Gasteiger partial charge in [-0.05, 0) is 49.8 Å². The predicted molar refractivity (Wildman–Crippen MR) is 109 cm³/mol. The van der Waals surface area contributed by atoms with Crippen LogP contribution in [0.5, 0.6) is 17.2 Å². The number of nitrogens with zero attached hydrogens (tertiary/aromatic N) is 2. The molecule has 7 nitrogen and oxygen atoms in total. The second kappa shape index (κ2) is 11.0. The van der Waals surface area contributed by atoms with Crippen molar-refractivity contribution in [2.75, 3.05) is 25.1 Å². The van der Waals surface area contributed by atoms with Gasteiger partial charge in [0.2, 0.25) is 0 Å². The van der Waals surface area contributed by atoms with Gasteiger partial charge in [0.05, 0.1) is 13.2 Å². The molecule has 148 valence electrons. The van der Waals surface area contributed by atoms with E-state index in [1.807, 2.05) is 26.0 Å². The highest BCUT2D eigenvalue weighted by atomic mass is 16.5. The Hall–Kier alpha value is -3.97. The molecule has 0 bridgehead atoms. The Morgan fingerprint density at radius 3 is 2.52 bits per heavy atom. The Morgan fingerprint density at radius 2 is 1.83 bits per heavy atom. The lowest BCUT2D eigenvalue weighted by atomic mass is 10.1. The first kappa shape index (κ1) is 21.3. The van der Waals surface area contributed by atoms with Crippen molar-refractivity contribution < 1.29 is 19.0 Å². The zero-order valence-electron chi connectivity index (χ0n) is 16.3. The van der Waals surface area contributed by atoms with Crippen LogP contribution < -0.4 is 19.5 Å². The number of anilines is 1. The van der Waals surface area contributed by atoms with Crippen LogP contribution in [-0.2, 0) is 4.79 Å². The highest BCUT2D eigenvalue weighted by Gasteiger charge is 2.12. The van der Waals surface area contributed by atoms with Crippen LogP contribution >= 0.6 is 0 Å². The molecule has 2 aromatic rings. The average Bonchev–Trinajstić information content (AvgIpc) is 2.72. The lowest BCUT2D eigenvalue weighted by Gasteiger charge is -2.11. The van der Waals surface area contributed by atoms with E-state index in [2.05, 4.69) is 5.32 Å². The maximum Gasteiger partial charge on any atom is 0.266 e. The van der Waals surface area contributed by atoms with E-state index >= 15 is 0 Å². The number of carbonyl (C=O) groups excluding carboxylic acids is 1. The number of rotatable bonds is 9. The molecule has 1 N–H and O–H groups in total. The number of amides is 1. The molecule has 0 atom stereocenters. The van der Waals surface area contributed by atoms with Gasteiger partial charge in [0.25, 0.3) is 5.91 Å². The summed E-state index contributed by atoms with van der Waals surface area (Å²) in [7, 11) is 0. The largest absolute Gasteiger partial charge is 0.494 e. The fourth-order valence-corrected chi connectivity index (χ4v) is 2.46. The minimum Gasteiger partial charge on any atom is -0.494 e. The highest BCUT2D eigenvalue weighted by Crippen LogP contribution is 2.29. The summed E-state index contributed by atoms with van der Waals surface area (Å²) in [5, 5.41) is 20.8. The highest BCUT2D eigenvalue weighted by molar-refractivity contribution is 6.09. The average molecular weight is 391 g/mol. The van der Waals surface area contributed by atoms with Crippen molar-refractivity contribution >= 4 is 17.7 Å². The minimum atomic E-state index is -0.538. The Morgan fingerprint density at radius 1 is 1.03 bits per heavy atom. The number of hydrogen-bond donors (Lipinski definition) is 1. The van der Waals surface area contributed by atoms with Gasteiger partial charge in [-0.2, -0.15) is 10.5 Å². The molecule has 2 aromatic carbocycles. The maximum atomic E-state index is 12.5. The van der Waals surface area contributed by atoms with Crippen LogP contribution in [0.15, 0.2) is 48.0 Å². The number of nitriles is 2. The van der Waals surface area contributed by atoms with Crippen molar-refractivity contribution in [1.29, 1.82) is 10.5 Å². The fraction of sp³-hybridized carbons (Fsp3) is 0.227. The first-order valence-corrected chi connectivity index (χ1v) is 9.03. The van der Waals surface area contributed by atoms with Crippen LogP contribution in [0.4, 0.5) is 5.69 Å². The molecular weight excluding hydrogens is 370 g/mol. The van der Waals surface area contributed by atoms with Crippen LogP contribution in [0.2, 0.25) is 0 Å². The molecule has 29 heavy (non-hydrogen) atoms. The summed E-state index contributed by atoms with van der Waals surface area (Å²) in [6, 6.07) is 15.7. The predicted octanol–water partition coefficient (Wildman–Crippen LogP) is 3.93. The van der Waals surface area contributed by atoms with Gasteiger partial charge in [-0.25, -0.2) is 0 Å². The van der Waals surface area contributed by atoms with Gasteiger partial charge >= 0.3 is 0 Å². The molecule has 1 amide bonds. The summed E-state index contributed by atoms with van der Waals surface area (Å²) in [5.41, 5.74) is 1.05. The van der Waals surface area contributed by atoms with E-state index in [0.29, 0.717) is 41.7 Å². The number of hydrogen-bond acceptors (Lipinski definition) is 6. The molecule has 2 rings (SSSR count). The Bertz CT molecular complexity index is 971. The summed E-state index contributed by atoms with van der Waals surface area (Å²) in [6.45, 7) is 4.49. The Labute approximate surface area is 169 Å². The van der Waals surface area contributed by atoms with E-state index in [1.54, 1.807) is 42.5 Å². The fourth-order valence-electron chi connectivity index (χ4n) is 2.46. The number of nitrogens with one attached hydrogen (secondary N) is 1. The van der Waals surface area contributed by atoms with Crippen LogP contribution in [0.1, 0.15) is 19.4 Å². The lowest BCUT2D eigenvalue weighted by molar-refractivity contribution is -0.112. The lowest BCUT2D eigenvalue weighted by Crippen LogP contribution is -2.13.